The minimum Gasteiger partial charge on any atom is -0.466 e. The highest BCUT2D eigenvalue weighted by Crippen LogP contribution is 2.24. The van der Waals surface area contributed by atoms with Crippen LogP contribution in [0.15, 0.2) is 72.8 Å². The summed E-state index contributed by atoms with van der Waals surface area (Å²) in [7, 11) is 1.25. The van der Waals surface area contributed by atoms with Gasteiger partial charge in [-0.1, -0.05) is 66.7 Å². The Morgan fingerprint density at radius 2 is 1.70 bits per heavy atom. The first-order valence-corrected chi connectivity index (χ1v) is 7.32. The number of aliphatic hydroxyl groups is 1. The van der Waals surface area contributed by atoms with Crippen LogP contribution in [-0.4, -0.2) is 24.8 Å². The van der Waals surface area contributed by atoms with Gasteiger partial charge in [-0.3, -0.25) is 0 Å². The molecule has 0 saturated heterocycles. The van der Waals surface area contributed by atoms with E-state index in [2.05, 4.69) is 0 Å². The first kappa shape index (κ1) is 16.9. The topological polar surface area (TPSA) is 55.8 Å². The minimum absolute atomic E-state index is 0.279. The van der Waals surface area contributed by atoms with Crippen molar-refractivity contribution in [1.82, 2.24) is 0 Å². The van der Waals surface area contributed by atoms with E-state index in [1.165, 1.54) is 13.2 Å². The lowest BCUT2D eigenvalue weighted by molar-refractivity contribution is -0.158. The summed E-state index contributed by atoms with van der Waals surface area (Å²) < 4.78 is 10.2. The van der Waals surface area contributed by atoms with Crippen molar-refractivity contribution in [2.24, 2.45) is 0 Å². The number of rotatable bonds is 7. The second kappa shape index (κ2) is 8.27. The van der Waals surface area contributed by atoms with E-state index in [4.69, 9.17) is 9.47 Å². The molecule has 0 saturated carbocycles. The molecule has 0 heterocycles. The second-order valence-corrected chi connectivity index (χ2v) is 5.03. The van der Waals surface area contributed by atoms with Crippen LogP contribution in [0.5, 0.6) is 0 Å². The summed E-state index contributed by atoms with van der Waals surface area (Å²) in [5, 5.41) is 10.7. The van der Waals surface area contributed by atoms with Gasteiger partial charge in [0.2, 0.25) is 5.60 Å². The number of hydrogen-bond donors (Lipinski definition) is 1. The average molecular weight is 312 g/mol. The van der Waals surface area contributed by atoms with Crippen LogP contribution in [0.25, 0.3) is 0 Å². The smallest absolute Gasteiger partial charge is 0.346 e. The zero-order chi connectivity index (χ0) is 16.5. The van der Waals surface area contributed by atoms with Crippen LogP contribution < -0.4 is 0 Å². The molecule has 120 valence electrons. The van der Waals surface area contributed by atoms with Gasteiger partial charge in [-0.15, -0.1) is 0 Å². The Kier molecular flexibility index (Phi) is 6.09. The first-order chi connectivity index (χ1) is 11.2. The number of ether oxygens (including phenoxy) is 2. The van der Waals surface area contributed by atoms with Crippen molar-refractivity contribution < 1.29 is 19.4 Å². The summed E-state index contributed by atoms with van der Waals surface area (Å²) in [5.74, 6) is -0.733. The fourth-order valence-corrected chi connectivity index (χ4v) is 2.17. The van der Waals surface area contributed by atoms with E-state index in [-0.39, 0.29) is 6.61 Å². The zero-order valence-electron chi connectivity index (χ0n) is 13.0. The monoisotopic (exact) mass is 312 g/mol. The summed E-state index contributed by atoms with van der Waals surface area (Å²) in [4.78, 5) is 12.0. The maximum absolute atomic E-state index is 12.0. The average Bonchev–Trinajstić information content (AvgIpc) is 2.62. The molecule has 0 aromatic heterocycles. The van der Waals surface area contributed by atoms with Crippen molar-refractivity contribution in [1.29, 1.82) is 0 Å². The number of carbonyl (C=O) groups is 1. The predicted octanol–water partition coefficient (Wildman–Crippen LogP) is 2.82. The first-order valence-electron chi connectivity index (χ1n) is 7.32. The molecule has 23 heavy (non-hydrogen) atoms. The number of carbonyl (C=O) groups excluding carboxylic acids is 1. The zero-order valence-corrected chi connectivity index (χ0v) is 13.0. The van der Waals surface area contributed by atoms with Crippen LogP contribution in [0.2, 0.25) is 0 Å². The SMILES string of the molecule is COC(=O)C(O)(/C=C/COCc1ccccc1)c1ccccc1. The van der Waals surface area contributed by atoms with Gasteiger partial charge in [0.25, 0.3) is 0 Å². The van der Waals surface area contributed by atoms with E-state index in [1.54, 1.807) is 30.3 Å². The summed E-state index contributed by atoms with van der Waals surface area (Å²) in [6, 6.07) is 18.4. The molecule has 4 heteroatoms. The van der Waals surface area contributed by atoms with Crippen LogP contribution in [-0.2, 0) is 26.5 Å². The molecule has 1 unspecified atom stereocenters. The predicted molar refractivity (Wildman–Crippen MR) is 87.6 cm³/mol. The van der Waals surface area contributed by atoms with E-state index in [0.717, 1.165) is 5.56 Å². The lowest BCUT2D eigenvalue weighted by Gasteiger charge is -2.22. The summed E-state index contributed by atoms with van der Waals surface area (Å²) in [6.07, 6.45) is 3.02. The highest BCUT2D eigenvalue weighted by molar-refractivity contribution is 5.83. The van der Waals surface area contributed by atoms with Gasteiger partial charge in [0, 0.05) is 0 Å². The molecule has 2 aromatic carbocycles. The van der Waals surface area contributed by atoms with Crippen LogP contribution in [0.1, 0.15) is 11.1 Å². The Bertz CT molecular complexity index is 637. The second-order valence-electron chi connectivity index (χ2n) is 5.03. The lowest BCUT2D eigenvalue weighted by Crippen LogP contribution is -2.34. The molecule has 0 fully saturated rings. The Hall–Kier alpha value is -2.43. The van der Waals surface area contributed by atoms with E-state index < -0.39 is 11.6 Å². The van der Waals surface area contributed by atoms with E-state index in [1.807, 2.05) is 36.4 Å². The van der Waals surface area contributed by atoms with E-state index in [9.17, 15) is 9.90 Å². The molecule has 0 aliphatic rings. The van der Waals surface area contributed by atoms with Gasteiger partial charge in [0.1, 0.15) is 0 Å². The van der Waals surface area contributed by atoms with Gasteiger partial charge in [-0.2, -0.15) is 0 Å². The normalized spacial score (nSPS) is 13.7. The maximum atomic E-state index is 12.0. The van der Waals surface area contributed by atoms with Crippen molar-refractivity contribution in [2.45, 2.75) is 12.2 Å². The van der Waals surface area contributed by atoms with Gasteiger partial charge in [-0.05, 0) is 17.2 Å². The van der Waals surface area contributed by atoms with Gasteiger partial charge in [-0.25, -0.2) is 4.79 Å². The number of hydrogen-bond acceptors (Lipinski definition) is 4. The summed E-state index contributed by atoms with van der Waals surface area (Å²) >= 11 is 0. The third kappa shape index (κ3) is 4.52. The largest absolute Gasteiger partial charge is 0.466 e. The molecular weight excluding hydrogens is 292 g/mol. The van der Waals surface area contributed by atoms with Crippen molar-refractivity contribution in [2.75, 3.05) is 13.7 Å². The van der Waals surface area contributed by atoms with Crippen LogP contribution in [0.4, 0.5) is 0 Å². The Morgan fingerprint density at radius 3 is 2.30 bits per heavy atom. The molecule has 0 amide bonds. The third-order valence-corrected chi connectivity index (χ3v) is 3.40. The molecular formula is C19H20O4. The summed E-state index contributed by atoms with van der Waals surface area (Å²) in [5.41, 5.74) is -0.301. The lowest BCUT2D eigenvalue weighted by atomic mass is 9.93. The van der Waals surface area contributed by atoms with Crippen molar-refractivity contribution in [3.63, 3.8) is 0 Å². The summed E-state index contributed by atoms with van der Waals surface area (Å²) in [6.45, 7) is 0.744. The standard InChI is InChI=1S/C19H20O4/c1-22-18(20)19(21,17-11-6-3-7-12-17)13-8-14-23-15-16-9-4-2-5-10-16/h2-13,21H,14-15H2,1H3/b13-8+. The Balaban J connectivity index is 1.99. The van der Waals surface area contributed by atoms with Gasteiger partial charge < -0.3 is 14.6 Å². The molecule has 0 aliphatic heterocycles. The fourth-order valence-electron chi connectivity index (χ4n) is 2.17. The molecule has 0 bridgehead atoms. The van der Waals surface area contributed by atoms with Crippen molar-refractivity contribution in [3.8, 4) is 0 Å². The molecule has 0 aliphatic carbocycles. The maximum Gasteiger partial charge on any atom is 0.346 e. The highest BCUT2D eigenvalue weighted by atomic mass is 16.5. The number of esters is 1. The molecule has 1 atom stereocenters. The molecule has 0 radical (unpaired) electrons. The molecule has 2 rings (SSSR count). The van der Waals surface area contributed by atoms with E-state index in [0.29, 0.717) is 12.2 Å². The van der Waals surface area contributed by atoms with Crippen LogP contribution >= 0.6 is 0 Å². The quantitative estimate of drug-likeness (QED) is 0.485. The number of methoxy groups -OCH3 is 1. The van der Waals surface area contributed by atoms with E-state index >= 15 is 0 Å². The molecule has 4 nitrogen and oxygen atoms in total. The third-order valence-electron chi connectivity index (χ3n) is 3.40. The molecule has 1 N–H and O–H groups in total. The van der Waals surface area contributed by atoms with Gasteiger partial charge in [0.05, 0.1) is 20.3 Å². The fraction of sp³-hybridized carbons (Fsp3) is 0.211. The van der Waals surface area contributed by atoms with Gasteiger partial charge >= 0.3 is 5.97 Å². The highest BCUT2D eigenvalue weighted by Gasteiger charge is 2.36. The van der Waals surface area contributed by atoms with Gasteiger partial charge in [0.15, 0.2) is 0 Å². The van der Waals surface area contributed by atoms with Crippen molar-refractivity contribution in [3.05, 3.63) is 83.9 Å². The Labute approximate surface area is 136 Å². The van der Waals surface area contributed by atoms with Crippen molar-refractivity contribution >= 4 is 5.97 Å². The molecule has 0 spiro atoms. The molecule has 2 aromatic rings. The van der Waals surface area contributed by atoms with Crippen LogP contribution in [0.3, 0.4) is 0 Å². The minimum atomic E-state index is -1.81. The van der Waals surface area contributed by atoms with Crippen LogP contribution in [0, 0.1) is 0 Å². The Morgan fingerprint density at radius 1 is 1.09 bits per heavy atom. The number of benzene rings is 2.